The number of carboxylic acids is 1. The Kier molecular flexibility index (Phi) is 4.62. The maximum Gasteiger partial charge on any atom is 0.311 e. The number of hydrogen-bond donors (Lipinski definition) is 2. The van der Waals surface area contributed by atoms with Gasteiger partial charge in [0.2, 0.25) is 5.91 Å². The number of aliphatic carboxylic acids is 1. The van der Waals surface area contributed by atoms with E-state index in [1.165, 1.54) is 6.08 Å². The van der Waals surface area contributed by atoms with Gasteiger partial charge in [0.25, 0.3) is 0 Å². The highest BCUT2D eigenvalue weighted by atomic mass is 16.5. The van der Waals surface area contributed by atoms with Gasteiger partial charge in [-0.05, 0) is 36.6 Å². The van der Waals surface area contributed by atoms with Crippen molar-refractivity contribution < 1.29 is 19.4 Å². The Balaban J connectivity index is 1.89. The maximum absolute atomic E-state index is 11.8. The number of methoxy groups -OCH3 is 1. The van der Waals surface area contributed by atoms with E-state index in [0.717, 1.165) is 17.7 Å². The molecule has 1 aliphatic rings. The Hall–Kier alpha value is -2.30. The number of carboxylic acid groups (broad SMARTS) is 1. The predicted octanol–water partition coefficient (Wildman–Crippen LogP) is 2.08. The molecule has 0 unspecified atom stereocenters. The van der Waals surface area contributed by atoms with Crippen LogP contribution >= 0.6 is 0 Å². The van der Waals surface area contributed by atoms with Crippen LogP contribution in [0.3, 0.4) is 0 Å². The quantitative estimate of drug-likeness (QED) is 0.786. The Morgan fingerprint density at radius 1 is 1.43 bits per heavy atom. The normalized spacial score (nSPS) is 16.2. The summed E-state index contributed by atoms with van der Waals surface area (Å²) in [5, 5.41) is 11.8. The first-order valence-corrected chi connectivity index (χ1v) is 6.89. The summed E-state index contributed by atoms with van der Waals surface area (Å²) in [6.45, 7) is 0.184. The van der Waals surface area contributed by atoms with Crippen molar-refractivity contribution in [2.75, 3.05) is 13.7 Å². The molecular formula is C16H19NO4. The molecule has 1 aromatic rings. The lowest BCUT2D eigenvalue weighted by Gasteiger charge is -2.37. The summed E-state index contributed by atoms with van der Waals surface area (Å²) in [5.74, 6) is -0.395. The van der Waals surface area contributed by atoms with Crippen molar-refractivity contribution in [3.63, 3.8) is 0 Å². The summed E-state index contributed by atoms with van der Waals surface area (Å²) in [7, 11) is 1.58. The molecule has 0 saturated heterocycles. The standard InChI is InChI=1S/C16H19NO4/c1-21-13-5-2-4-12(10-13)6-7-14(18)17-11-16(15(19)20)8-3-9-16/h2,4-7,10H,3,8-9,11H2,1H3,(H,17,18)(H,19,20)/b7-6+. The number of ether oxygens (including phenoxy) is 1. The second kappa shape index (κ2) is 6.43. The summed E-state index contributed by atoms with van der Waals surface area (Å²) < 4.78 is 5.10. The van der Waals surface area contributed by atoms with Gasteiger partial charge in [-0.25, -0.2) is 0 Å². The van der Waals surface area contributed by atoms with E-state index >= 15 is 0 Å². The van der Waals surface area contributed by atoms with Gasteiger partial charge in [-0.1, -0.05) is 18.6 Å². The Morgan fingerprint density at radius 3 is 2.76 bits per heavy atom. The average molecular weight is 289 g/mol. The topological polar surface area (TPSA) is 75.6 Å². The van der Waals surface area contributed by atoms with Gasteiger partial charge < -0.3 is 15.2 Å². The summed E-state index contributed by atoms with van der Waals surface area (Å²) in [6, 6.07) is 7.33. The van der Waals surface area contributed by atoms with Crippen LogP contribution in [-0.4, -0.2) is 30.6 Å². The number of hydrogen-bond acceptors (Lipinski definition) is 3. The van der Waals surface area contributed by atoms with Crippen molar-refractivity contribution in [2.45, 2.75) is 19.3 Å². The zero-order chi connectivity index (χ0) is 15.3. The van der Waals surface area contributed by atoms with Gasteiger partial charge in [0.15, 0.2) is 0 Å². The van der Waals surface area contributed by atoms with Gasteiger partial charge in [0.1, 0.15) is 5.75 Å². The third kappa shape index (κ3) is 3.62. The highest BCUT2D eigenvalue weighted by Gasteiger charge is 2.44. The minimum Gasteiger partial charge on any atom is -0.497 e. The van der Waals surface area contributed by atoms with E-state index in [9.17, 15) is 14.7 Å². The highest BCUT2D eigenvalue weighted by Crippen LogP contribution is 2.40. The molecule has 1 amide bonds. The lowest BCUT2D eigenvalue weighted by molar-refractivity contribution is -0.154. The monoisotopic (exact) mass is 289 g/mol. The fraction of sp³-hybridized carbons (Fsp3) is 0.375. The zero-order valence-corrected chi connectivity index (χ0v) is 12.0. The van der Waals surface area contributed by atoms with Crippen molar-refractivity contribution in [1.29, 1.82) is 0 Å². The van der Waals surface area contributed by atoms with Crippen molar-refractivity contribution in [3.8, 4) is 5.75 Å². The van der Waals surface area contributed by atoms with Crippen LogP contribution in [0.1, 0.15) is 24.8 Å². The van der Waals surface area contributed by atoms with Crippen LogP contribution in [0.4, 0.5) is 0 Å². The summed E-state index contributed by atoms with van der Waals surface area (Å²) in [6.07, 6.45) is 5.24. The van der Waals surface area contributed by atoms with Crippen molar-refractivity contribution in [1.82, 2.24) is 5.32 Å². The molecule has 21 heavy (non-hydrogen) atoms. The Morgan fingerprint density at radius 2 is 2.19 bits per heavy atom. The molecule has 0 bridgehead atoms. The molecule has 0 heterocycles. The van der Waals surface area contributed by atoms with Crippen molar-refractivity contribution in [2.24, 2.45) is 5.41 Å². The second-order valence-electron chi connectivity index (χ2n) is 5.27. The SMILES string of the molecule is COc1cccc(/C=C/C(=O)NCC2(C(=O)O)CCC2)c1. The minimum absolute atomic E-state index is 0.184. The number of carbonyl (C=O) groups excluding carboxylic acids is 1. The summed E-state index contributed by atoms with van der Waals surface area (Å²) >= 11 is 0. The number of nitrogens with one attached hydrogen (secondary N) is 1. The van der Waals surface area contributed by atoms with E-state index in [0.29, 0.717) is 12.8 Å². The number of amides is 1. The molecule has 1 saturated carbocycles. The van der Waals surface area contributed by atoms with E-state index < -0.39 is 11.4 Å². The first kappa shape index (κ1) is 15.1. The third-order valence-electron chi connectivity index (χ3n) is 3.89. The van der Waals surface area contributed by atoms with Crippen molar-refractivity contribution in [3.05, 3.63) is 35.9 Å². The maximum atomic E-state index is 11.8. The van der Waals surface area contributed by atoms with Gasteiger partial charge in [0.05, 0.1) is 12.5 Å². The first-order valence-electron chi connectivity index (χ1n) is 6.89. The van der Waals surface area contributed by atoms with Crippen LogP contribution in [0, 0.1) is 5.41 Å². The second-order valence-corrected chi connectivity index (χ2v) is 5.27. The van der Waals surface area contributed by atoms with Crippen LogP contribution in [0.25, 0.3) is 6.08 Å². The first-order chi connectivity index (χ1) is 10.1. The molecule has 0 aliphatic heterocycles. The van der Waals surface area contributed by atoms with Gasteiger partial charge in [-0.15, -0.1) is 0 Å². The van der Waals surface area contributed by atoms with Gasteiger partial charge in [-0.3, -0.25) is 9.59 Å². The molecule has 1 aliphatic carbocycles. The molecule has 5 heteroatoms. The molecule has 1 fully saturated rings. The van der Waals surface area contributed by atoms with Crippen LogP contribution in [0.15, 0.2) is 30.3 Å². The zero-order valence-electron chi connectivity index (χ0n) is 12.0. The van der Waals surface area contributed by atoms with E-state index in [1.807, 2.05) is 24.3 Å². The molecule has 0 radical (unpaired) electrons. The molecule has 2 N–H and O–H groups in total. The fourth-order valence-electron chi connectivity index (χ4n) is 2.30. The van der Waals surface area contributed by atoms with Crippen molar-refractivity contribution >= 4 is 18.0 Å². The smallest absolute Gasteiger partial charge is 0.311 e. The molecule has 1 aromatic carbocycles. The molecular weight excluding hydrogens is 270 g/mol. The van der Waals surface area contributed by atoms with Crippen LogP contribution in [0.2, 0.25) is 0 Å². The fourth-order valence-corrected chi connectivity index (χ4v) is 2.30. The Labute approximate surface area is 123 Å². The molecule has 5 nitrogen and oxygen atoms in total. The van der Waals surface area contributed by atoms with E-state index in [2.05, 4.69) is 5.32 Å². The third-order valence-corrected chi connectivity index (χ3v) is 3.89. The van der Waals surface area contributed by atoms with Gasteiger partial charge >= 0.3 is 5.97 Å². The van der Waals surface area contributed by atoms with Gasteiger partial charge in [0, 0.05) is 12.6 Å². The highest BCUT2D eigenvalue weighted by molar-refractivity contribution is 5.92. The lowest BCUT2D eigenvalue weighted by Crippen LogP contribution is -2.47. The van der Waals surface area contributed by atoms with Crippen LogP contribution in [0.5, 0.6) is 5.75 Å². The van der Waals surface area contributed by atoms with E-state index in [-0.39, 0.29) is 12.5 Å². The summed E-state index contributed by atoms with van der Waals surface area (Å²) in [5.41, 5.74) is 0.0838. The summed E-state index contributed by atoms with van der Waals surface area (Å²) in [4.78, 5) is 22.9. The number of rotatable bonds is 6. The van der Waals surface area contributed by atoms with Gasteiger partial charge in [-0.2, -0.15) is 0 Å². The van der Waals surface area contributed by atoms with E-state index in [4.69, 9.17) is 4.74 Å². The molecule has 112 valence electrons. The molecule has 2 rings (SSSR count). The largest absolute Gasteiger partial charge is 0.497 e. The van der Waals surface area contributed by atoms with Crippen LogP contribution < -0.4 is 10.1 Å². The van der Waals surface area contributed by atoms with Crippen LogP contribution in [-0.2, 0) is 9.59 Å². The molecule has 0 aromatic heterocycles. The predicted molar refractivity (Wildman–Crippen MR) is 79.0 cm³/mol. The minimum atomic E-state index is -0.828. The average Bonchev–Trinajstić information content (AvgIpc) is 2.44. The lowest BCUT2D eigenvalue weighted by atomic mass is 9.69. The number of carbonyl (C=O) groups is 2. The Bertz CT molecular complexity index is 561. The molecule has 0 spiro atoms. The van der Waals surface area contributed by atoms with E-state index in [1.54, 1.807) is 13.2 Å². The molecule has 0 atom stereocenters. The number of benzene rings is 1.